The van der Waals surface area contributed by atoms with Gasteiger partial charge in [0.1, 0.15) is 17.1 Å². The average Bonchev–Trinajstić information content (AvgIpc) is 3.10. The quantitative estimate of drug-likeness (QED) is 0.444. The van der Waals surface area contributed by atoms with E-state index in [0.717, 1.165) is 5.56 Å². The highest BCUT2D eigenvalue weighted by atomic mass is 16.6. The standard InChI is InChI=1S/C25H37N3O6/c1-7-33-20(29)18-17(26-14-16-11-9-8-10-12-16)13-24(28-22(31)34-23(4,5)6)21(30)27-19(15(2)3)25(18,24)32/h8-12,15,17-19,26,32H,7,13-14H2,1-6H3,(H,27,30)(H,28,31)/t17-,18-,19-,24+,25-/m0/s1. The van der Waals surface area contributed by atoms with Crippen LogP contribution in [0.25, 0.3) is 0 Å². The Hall–Kier alpha value is -2.65. The van der Waals surface area contributed by atoms with Gasteiger partial charge in [0, 0.05) is 12.6 Å². The van der Waals surface area contributed by atoms with Crippen molar-refractivity contribution in [2.45, 2.75) is 83.3 Å². The van der Waals surface area contributed by atoms with Gasteiger partial charge in [-0.25, -0.2) is 4.79 Å². The highest BCUT2D eigenvalue weighted by Crippen LogP contribution is 2.52. The first-order valence-electron chi connectivity index (χ1n) is 11.8. The third-order valence-corrected chi connectivity index (χ3v) is 6.57. The van der Waals surface area contributed by atoms with Gasteiger partial charge in [-0.3, -0.25) is 9.59 Å². The molecule has 1 aromatic rings. The Bertz CT molecular complexity index is 915. The second-order valence-corrected chi connectivity index (χ2v) is 10.5. The van der Waals surface area contributed by atoms with Crippen molar-refractivity contribution in [3.05, 3.63) is 35.9 Å². The fourth-order valence-electron chi connectivity index (χ4n) is 5.26. The van der Waals surface area contributed by atoms with Crippen LogP contribution in [0.15, 0.2) is 30.3 Å². The number of nitrogens with one attached hydrogen (secondary N) is 3. The molecule has 1 saturated heterocycles. The lowest BCUT2D eigenvalue weighted by Crippen LogP contribution is -2.68. The number of rotatable bonds is 7. The molecule has 0 unspecified atom stereocenters. The first-order chi connectivity index (χ1) is 15.9. The molecule has 2 aliphatic rings. The fraction of sp³-hybridized carbons (Fsp3) is 0.640. The van der Waals surface area contributed by atoms with E-state index in [-0.39, 0.29) is 18.9 Å². The maximum atomic E-state index is 13.4. The molecule has 4 N–H and O–H groups in total. The number of benzene rings is 1. The van der Waals surface area contributed by atoms with Gasteiger partial charge in [-0.15, -0.1) is 0 Å². The van der Waals surface area contributed by atoms with E-state index in [9.17, 15) is 19.5 Å². The number of amides is 2. The predicted octanol–water partition coefficient (Wildman–Crippen LogP) is 1.88. The van der Waals surface area contributed by atoms with E-state index in [0.29, 0.717) is 6.54 Å². The van der Waals surface area contributed by atoms with Crippen LogP contribution in [0.5, 0.6) is 0 Å². The monoisotopic (exact) mass is 475 g/mol. The van der Waals surface area contributed by atoms with Crippen LogP contribution in [0.1, 0.15) is 53.5 Å². The van der Waals surface area contributed by atoms with Crippen molar-refractivity contribution in [2.75, 3.05) is 6.61 Å². The highest BCUT2D eigenvalue weighted by molar-refractivity contribution is 5.97. The van der Waals surface area contributed by atoms with Crippen molar-refractivity contribution >= 4 is 18.0 Å². The van der Waals surface area contributed by atoms with Crippen LogP contribution in [0.3, 0.4) is 0 Å². The molecule has 5 atom stereocenters. The third-order valence-electron chi connectivity index (χ3n) is 6.57. The van der Waals surface area contributed by atoms with Gasteiger partial charge in [-0.1, -0.05) is 44.2 Å². The van der Waals surface area contributed by atoms with E-state index in [2.05, 4.69) is 16.0 Å². The van der Waals surface area contributed by atoms with Gasteiger partial charge in [0.2, 0.25) is 5.91 Å². The van der Waals surface area contributed by atoms with Crippen LogP contribution < -0.4 is 16.0 Å². The smallest absolute Gasteiger partial charge is 0.408 e. The zero-order valence-electron chi connectivity index (χ0n) is 20.8. The molecule has 1 aliphatic carbocycles. The minimum Gasteiger partial charge on any atom is -0.466 e. The van der Waals surface area contributed by atoms with Crippen LogP contribution in [-0.2, 0) is 25.6 Å². The van der Waals surface area contributed by atoms with E-state index in [1.807, 2.05) is 44.2 Å². The van der Waals surface area contributed by atoms with Crippen molar-refractivity contribution in [3.63, 3.8) is 0 Å². The Kier molecular flexibility index (Phi) is 7.28. The number of carbonyl (C=O) groups excluding carboxylic acids is 3. The summed E-state index contributed by atoms with van der Waals surface area (Å²) in [6, 6.07) is 8.18. The minimum atomic E-state index is -1.93. The summed E-state index contributed by atoms with van der Waals surface area (Å²) in [5, 5.41) is 21.1. The van der Waals surface area contributed by atoms with E-state index in [1.54, 1.807) is 27.7 Å². The molecule has 9 nitrogen and oxygen atoms in total. The molecule has 1 aromatic carbocycles. The van der Waals surface area contributed by atoms with E-state index in [4.69, 9.17) is 9.47 Å². The number of fused-ring (bicyclic) bond motifs is 1. The lowest BCUT2D eigenvalue weighted by Gasteiger charge is -2.41. The Balaban J connectivity index is 2.04. The molecule has 1 aliphatic heterocycles. The SMILES string of the molecule is CCOC(=O)[C@@H]1[C@@H](NCc2ccccc2)C[C@@]2(NC(=O)OC(C)(C)C)C(=O)N[C@@H](C(C)C)[C@@]12O. The molecule has 0 bridgehead atoms. The van der Waals surface area contributed by atoms with Crippen molar-refractivity contribution < 1.29 is 29.0 Å². The van der Waals surface area contributed by atoms with Crippen LogP contribution in [0.2, 0.25) is 0 Å². The second kappa shape index (κ2) is 9.54. The Morgan fingerprint density at radius 1 is 1.24 bits per heavy atom. The lowest BCUT2D eigenvalue weighted by atomic mass is 9.72. The summed E-state index contributed by atoms with van der Waals surface area (Å²) in [6.07, 6.45) is -0.842. The van der Waals surface area contributed by atoms with Crippen LogP contribution in [0, 0.1) is 11.8 Å². The summed E-state index contributed by atoms with van der Waals surface area (Å²) in [5.41, 5.74) is -3.53. The summed E-state index contributed by atoms with van der Waals surface area (Å²) >= 11 is 0. The molecule has 0 spiro atoms. The fourth-order valence-corrected chi connectivity index (χ4v) is 5.26. The summed E-state index contributed by atoms with van der Waals surface area (Å²) in [4.78, 5) is 39.5. The zero-order valence-corrected chi connectivity index (χ0v) is 20.8. The van der Waals surface area contributed by atoms with Crippen LogP contribution in [-0.4, -0.2) is 58.5 Å². The van der Waals surface area contributed by atoms with Gasteiger partial charge in [0.25, 0.3) is 0 Å². The van der Waals surface area contributed by atoms with E-state index in [1.165, 1.54) is 0 Å². The first kappa shape index (κ1) is 26.0. The molecule has 9 heteroatoms. The first-order valence-corrected chi connectivity index (χ1v) is 11.8. The number of hydrogen-bond acceptors (Lipinski definition) is 7. The van der Waals surface area contributed by atoms with Gasteiger partial charge < -0.3 is 30.5 Å². The number of ether oxygens (including phenoxy) is 2. The largest absolute Gasteiger partial charge is 0.466 e. The molecule has 2 fully saturated rings. The van der Waals surface area contributed by atoms with Crippen molar-refractivity contribution in [3.8, 4) is 0 Å². The molecule has 0 aromatic heterocycles. The molecule has 3 rings (SSSR count). The van der Waals surface area contributed by atoms with Crippen molar-refractivity contribution in [2.24, 2.45) is 11.8 Å². The molecular weight excluding hydrogens is 438 g/mol. The molecule has 1 heterocycles. The third kappa shape index (κ3) is 4.63. The molecule has 34 heavy (non-hydrogen) atoms. The topological polar surface area (TPSA) is 126 Å². The van der Waals surface area contributed by atoms with Gasteiger partial charge in [-0.05, 0) is 45.6 Å². The molecule has 0 radical (unpaired) electrons. The van der Waals surface area contributed by atoms with Gasteiger partial charge in [0.05, 0.1) is 12.6 Å². The number of carbonyl (C=O) groups is 3. The summed E-state index contributed by atoms with van der Waals surface area (Å²) in [7, 11) is 0. The Morgan fingerprint density at radius 3 is 2.44 bits per heavy atom. The summed E-state index contributed by atoms with van der Waals surface area (Å²) in [5.74, 6) is -2.48. The van der Waals surface area contributed by atoms with Crippen LogP contribution in [0.4, 0.5) is 4.79 Å². The average molecular weight is 476 g/mol. The number of alkyl carbamates (subject to hydrolysis) is 1. The van der Waals surface area contributed by atoms with Crippen molar-refractivity contribution in [1.82, 2.24) is 16.0 Å². The number of hydrogen-bond donors (Lipinski definition) is 4. The minimum absolute atomic E-state index is 0.00584. The number of aliphatic hydroxyl groups is 1. The maximum Gasteiger partial charge on any atom is 0.408 e. The van der Waals surface area contributed by atoms with Crippen LogP contribution >= 0.6 is 0 Å². The normalized spacial score (nSPS) is 30.6. The van der Waals surface area contributed by atoms with Gasteiger partial charge in [0.15, 0.2) is 5.54 Å². The zero-order chi connectivity index (χ0) is 25.3. The van der Waals surface area contributed by atoms with E-state index >= 15 is 0 Å². The molecular formula is C25H37N3O6. The number of esters is 1. The van der Waals surface area contributed by atoms with Gasteiger partial charge in [-0.2, -0.15) is 0 Å². The molecule has 1 saturated carbocycles. The second-order valence-electron chi connectivity index (χ2n) is 10.5. The summed E-state index contributed by atoms with van der Waals surface area (Å²) in [6.45, 7) is 11.0. The van der Waals surface area contributed by atoms with Gasteiger partial charge >= 0.3 is 12.1 Å². The molecule has 2 amide bonds. The van der Waals surface area contributed by atoms with Crippen molar-refractivity contribution in [1.29, 1.82) is 0 Å². The molecule has 188 valence electrons. The lowest BCUT2D eigenvalue weighted by molar-refractivity contribution is -0.162. The Morgan fingerprint density at radius 2 is 1.88 bits per heavy atom. The predicted molar refractivity (Wildman–Crippen MR) is 126 cm³/mol. The highest BCUT2D eigenvalue weighted by Gasteiger charge is 2.77. The Labute approximate surface area is 201 Å². The summed E-state index contributed by atoms with van der Waals surface area (Å²) < 4.78 is 10.8. The van der Waals surface area contributed by atoms with E-state index < -0.39 is 52.7 Å². The maximum absolute atomic E-state index is 13.4.